The van der Waals surface area contributed by atoms with E-state index >= 15 is 0 Å². The molecule has 0 N–H and O–H groups in total. The summed E-state index contributed by atoms with van der Waals surface area (Å²) in [5.41, 5.74) is 5.10. The third-order valence-corrected chi connectivity index (χ3v) is 4.59. The van der Waals surface area contributed by atoms with E-state index in [0.717, 1.165) is 26.7 Å². The Morgan fingerprint density at radius 2 is 1.48 bits per heavy atom. The predicted octanol–water partition coefficient (Wildman–Crippen LogP) is 4.72. The monoisotopic (exact) mass is 374 g/mol. The first-order chi connectivity index (χ1) is 10.8. The molecule has 0 spiro atoms. The fourth-order valence-electron chi connectivity index (χ4n) is 2.51. The largest absolute Gasteiger partial charge is 0.454 e. The summed E-state index contributed by atoms with van der Waals surface area (Å²) in [6.07, 6.45) is 0. The van der Waals surface area contributed by atoms with E-state index in [1.54, 1.807) is 24.3 Å². The van der Waals surface area contributed by atoms with Crippen molar-refractivity contribution >= 4 is 27.7 Å². The topological polar surface area (TPSA) is 43.4 Å². The summed E-state index contributed by atoms with van der Waals surface area (Å²) in [6.45, 7) is 7.55. The van der Waals surface area contributed by atoms with Crippen molar-refractivity contribution in [3.8, 4) is 0 Å². The zero-order valence-corrected chi connectivity index (χ0v) is 15.3. The van der Waals surface area contributed by atoms with Crippen LogP contribution in [0, 0.1) is 27.7 Å². The minimum atomic E-state index is -0.495. The van der Waals surface area contributed by atoms with Crippen molar-refractivity contribution in [3.63, 3.8) is 0 Å². The van der Waals surface area contributed by atoms with Crippen LogP contribution in [-0.4, -0.2) is 18.4 Å². The number of benzene rings is 2. The van der Waals surface area contributed by atoms with Gasteiger partial charge in [0.2, 0.25) is 5.78 Å². The van der Waals surface area contributed by atoms with Crippen LogP contribution in [0.15, 0.2) is 34.8 Å². The average Bonchev–Trinajstić information content (AvgIpc) is 2.51. The Hall–Kier alpha value is -1.94. The van der Waals surface area contributed by atoms with E-state index in [0.29, 0.717) is 11.1 Å². The Kier molecular flexibility index (Phi) is 5.37. The molecule has 0 amide bonds. The molecule has 2 aromatic carbocycles. The molecule has 0 saturated heterocycles. The van der Waals surface area contributed by atoms with Crippen molar-refractivity contribution in [1.82, 2.24) is 0 Å². The first-order valence-corrected chi connectivity index (χ1v) is 8.14. The minimum Gasteiger partial charge on any atom is -0.454 e. The molecule has 120 valence electrons. The Balaban J connectivity index is 2.14. The van der Waals surface area contributed by atoms with Gasteiger partial charge in [-0.15, -0.1) is 0 Å². The van der Waals surface area contributed by atoms with Gasteiger partial charge in [0.1, 0.15) is 0 Å². The average molecular weight is 375 g/mol. The Morgan fingerprint density at radius 1 is 0.957 bits per heavy atom. The molecule has 0 saturated carbocycles. The number of ketones is 1. The number of carbonyl (C=O) groups excluding carboxylic acids is 2. The highest BCUT2D eigenvalue weighted by Crippen LogP contribution is 2.22. The zero-order valence-electron chi connectivity index (χ0n) is 13.7. The van der Waals surface area contributed by atoms with Gasteiger partial charge in [0.05, 0.1) is 5.56 Å². The number of esters is 1. The van der Waals surface area contributed by atoms with Crippen LogP contribution >= 0.6 is 15.9 Å². The molecule has 3 nitrogen and oxygen atoms in total. The van der Waals surface area contributed by atoms with Gasteiger partial charge >= 0.3 is 5.97 Å². The van der Waals surface area contributed by atoms with Crippen molar-refractivity contribution in [2.45, 2.75) is 27.7 Å². The third kappa shape index (κ3) is 3.88. The molecular formula is C19H19BrO3. The first kappa shape index (κ1) is 17.4. The molecule has 0 bridgehead atoms. The fourth-order valence-corrected chi connectivity index (χ4v) is 2.77. The molecule has 0 aliphatic rings. The van der Waals surface area contributed by atoms with Crippen LogP contribution in [0.25, 0.3) is 0 Å². The highest BCUT2D eigenvalue weighted by molar-refractivity contribution is 9.10. The van der Waals surface area contributed by atoms with Crippen molar-refractivity contribution in [2.75, 3.05) is 6.61 Å². The summed E-state index contributed by atoms with van der Waals surface area (Å²) < 4.78 is 6.05. The third-order valence-electron chi connectivity index (χ3n) is 4.06. The highest BCUT2D eigenvalue weighted by atomic mass is 79.9. The van der Waals surface area contributed by atoms with Gasteiger partial charge in [0.25, 0.3) is 0 Å². The molecular weight excluding hydrogens is 356 g/mol. The van der Waals surface area contributed by atoms with E-state index in [9.17, 15) is 9.59 Å². The fraction of sp³-hybridized carbons (Fsp3) is 0.263. The second kappa shape index (κ2) is 7.09. The van der Waals surface area contributed by atoms with Gasteiger partial charge in [0.15, 0.2) is 6.61 Å². The molecule has 4 heteroatoms. The number of ether oxygens (including phenoxy) is 1. The van der Waals surface area contributed by atoms with E-state index in [4.69, 9.17) is 4.74 Å². The van der Waals surface area contributed by atoms with E-state index in [2.05, 4.69) is 22.0 Å². The second-order valence-corrected chi connectivity index (χ2v) is 6.56. The molecule has 23 heavy (non-hydrogen) atoms. The molecule has 0 heterocycles. The molecule has 0 unspecified atom stereocenters. The standard InChI is InChI=1S/C19H19BrO3/c1-11-9-12(2)14(4)18(13(11)3)17(21)10-23-19(22)15-5-7-16(20)8-6-15/h5-9H,10H2,1-4H3. The van der Waals surface area contributed by atoms with Crippen LogP contribution in [-0.2, 0) is 4.74 Å². The number of hydrogen-bond acceptors (Lipinski definition) is 3. The number of carbonyl (C=O) groups is 2. The number of rotatable bonds is 4. The van der Waals surface area contributed by atoms with Gasteiger partial charge in [-0.25, -0.2) is 4.79 Å². The lowest BCUT2D eigenvalue weighted by Gasteiger charge is -2.14. The van der Waals surface area contributed by atoms with E-state index in [1.807, 2.05) is 27.7 Å². The van der Waals surface area contributed by atoms with Gasteiger partial charge < -0.3 is 4.74 Å². The molecule has 2 rings (SSSR count). The summed E-state index contributed by atoms with van der Waals surface area (Å²) in [7, 11) is 0. The molecule has 0 aliphatic carbocycles. The van der Waals surface area contributed by atoms with Crippen molar-refractivity contribution in [3.05, 3.63) is 68.2 Å². The quantitative estimate of drug-likeness (QED) is 0.574. The van der Waals surface area contributed by atoms with Crippen LogP contribution in [0.5, 0.6) is 0 Å². The zero-order chi connectivity index (χ0) is 17.1. The summed E-state index contributed by atoms with van der Waals surface area (Å²) >= 11 is 3.31. The summed E-state index contributed by atoms with van der Waals surface area (Å²) in [4.78, 5) is 24.5. The van der Waals surface area contributed by atoms with Crippen molar-refractivity contribution in [1.29, 1.82) is 0 Å². The van der Waals surface area contributed by atoms with Crippen molar-refractivity contribution < 1.29 is 14.3 Å². The summed E-state index contributed by atoms with van der Waals surface area (Å²) in [6, 6.07) is 8.90. The van der Waals surface area contributed by atoms with Gasteiger partial charge in [-0.3, -0.25) is 4.79 Å². The lowest BCUT2D eigenvalue weighted by molar-refractivity contribution is 0.0474. The molecule has 0 aromatic heterocycles. The van der Waals surface area contributed by atoms with Gasteiger partial charge in [0, 0.05) is 10.0 Å². The Bertz CT molecular complexity index is 735. The van der Waals surface area contributed by atoms with Crippen LogP contribution in [0.1, 0.15) is 43.0 Å². The van der Waals surface area contributed by atoms with Crippen LogP contribution in [0.2, 0.25) is 0 Å². The molecule has 0 atom stereocenters. The van der Waals surface area contributed by atoms with E-state index in [1.165, 1.54) is 0 Å². The van der Waals surface area contributed by atoms with E-state index < -0.39 is 5.97 Å². The predicted molar refractivity (Wildman–Crippen MR) is 94.1 cm³/mol. The number of halogens is 1. The first-order valence-electron chi connectivity index (χ1n) is 7.34. The SMILES string of the molecule is Cc1cc(C)c(C)c(C(=O)COC(=O)c2ccc(Br)cc2)c1C. The molecule has 0 fully saturated rings. The normalized spacial score (nSPS) is 10.5. The smallest absolute Gasteiger partial charge is 0.338 e. The van der Waals surface area contributed by atoms with Crippen LogP contribution in [0.3, 0.4) is 0 Å². The maximum absolute atomic E-state index is 12.5. The van der Waals surface area contributed by atoms with Gasteiger partial charge in [-0.1, -0.05) is 22.0 Å². The summed E-state index contributed by atoms with van der Waals surface area (Å²) in [5.74, 6) is -0.664. The lowest BCUT2D eigenvalue weighted by atomic mass is 9.92. The summed E-state index contributed by atoms with van der Waals surface area (Å²) in [5, 5.41) is 0. The van der Waals surface area contributed by atoms with Gasteiger partial charge in [-0.2, -0.15) is 0 Å². The number of aryl methyl sites for hydroxylation is 2. The number of Topliss-reactive ketones (excluding diaryl/α,β-unsaturated/α-hetero) is 1. The Morgan fingerprint density at radius 3 is 2.00 bits per heavy atom. The minimum absolute atomic E-state index is 0.169. The Labute approximate surface area is 144 Å². The van der Waals surface area contributed by atoms with E-state index in [-0.39, 0.29) is 12.4 Å². The van der Waals surface area contributed by atoms with Crippen molar-refractivity contribution in [2.24, 2.45) is 0 Å². The van der Waals surface area contributed by atoms with Gasteiger partial charge in [-0.05, 0) is 74.2 Å². The molecule has 2 aromatic rings. The molecule has 0 aliphatic heterocycles. The second-order valence-electron chi connectivity index (χ2n) is 5.64. The maximum atomic E-state index is 12.5. The number of hydrogen-bond donors (Lipinski definition) is 0. The lowest BCUT2D eigenvalue weighted by Crippen LogP contribution is -2.17. The maximum Gasteiger partial charge on any atom is 0.338 e. The molecule has 0 radical (unpaired) electrons. The highest BCUT2D eigenvalue weighted by Gasteiger charge is 2.18. The van der Waals surface area contributed by atoms with Crippen LogP contribution in [0.4, 0.5) is 0 Å². The van der Waals surface area contributed by atoms with Crippen LogP contribution < -0.4 is 0 Å².